The molecule has 0 aliphatic rings. The number of carbonyl (C=O) groups excluding carboxylic acids is 1. The molecule has 2 heterocycles. The molecule has 20 heavy (non-hydrogen) atoms. The van der Waals surface area contributed by atoms with Crippen molar-refractivity contribution in [1.29, 1.82) is 0 Å². The van der Waals surface area contributed by atoms with E-state index in [-0.39, 0.29) is 5.91 Å². The quantitative estimate of drug-likeness (QED) is 0.764. The first-order chi connectivity index (χ1) is 9.72. The zero-order valence-corrected chi connectivity index (χ0v) is 10.8. The molecule has 0 atom stereocenters. The normalized spacial score (nSPS) is 10.4. The van der Waals surface area contributed by atoms with Crippen molar-refractivity contribution in [2.24, 2.45) is 0 Å². The number of anilines is 1. The molecule has 6 heteroatoms. The van der Waals surface area contributed by atoms with Crippen molar-refractivity contribution in [2.45, 2.75) is 6.92 Å². The third kappa shape index (κ3) is 2.44. The van der Waals surface area contributed by atoms with Crippen LogP contribution in [-0.2, 0) is 0 Å². The lowest BCUT2D eigenvalue weighted by Gasteiger charge is -2.02. The molecule has 0 unspecified atom stereocenters. The van der Waals surface area contributed by atoms with Crippen molar-refractivity contribution in [1.82, 2.24) is 15.4 Å². The smallest absolute Gasteiger partial charge is 0.256 e. The van der Waals surface area contributed by atoms with Crippen molar-refractivity contribution in [3.05, 3.63) is 54.0 Å². The Morgan fingerprint density at radius 2 is 2.05 bits per heavy atom. The second kappa shape index (κ2) is 5.00. The molecular formula is C14H12N4O2. The number of aromatic nitrogens is 3. The first-order valence-electron chi connectivity index (χ1n) is 6.06. The summed E-state index contributed by atoms with van der Waals surface area (Å²) < 4.78 is 4.89. The van der Waals surface area contributed by atoms with Crippen LogP contribution in [0.4, 0.5) is 5.82 Å². The Labute approximate surface area is 114 Å². The van der Waals surface area contributed by atoms with Gasteiger partial charge >= 0.3 is 0 Å². The van der Waals surface area contributed by atoms with Gasteiger partial charge in [-0.3, -0.25) is 9.89 Å². The van der Waals surface area contributed by atoms with Crippen LogP contribution in [0.15, 0.2) is 47.2 Å². The third-order valence-electron chi connectivity index (χ3n) is 2.85. The molecule has 100 valence electrons. The Balaban J connectivity index is 1.75. The maximum absolute atomic E-state index is 12.0. The average Bonchev–Trinajstić information content (AvgIpc) is 3.11. The van der Waals surface area contributed by atoms with Crippen LogP contribution in [0.5, 0.6) is 0 Å². The number of benzene rings is 1. The molecule has 3 rings (SSSR count). The van der Waals surface area contributed by atoms with E-state index in [1.165, 1.54) is 0 Å². The molecule has 1 aromatic carbocycles. The van der Waals surface area contributed by atoms with Gasteiger partial charge in [-0.15, -0.1) is 0 Å². The van der Waals surface area contributed by atoms with Crippen LogP contribution in [0.2, 0.25) is 0 Å². The van der Waals surface area contributed by atoms with Crippen LogP contribution < -0.4 is 5.32 Å². The van der Waals surface area contributed by atoms with Crippen molar-refractivity contribution in [3.63, 3.8) is 0 Å². The minimum Gasteiger partial charge on any atom is -0.360 e. The Morgan fingerprint density at radius 1 is 1.25 bits per heavy atom. The van der Waals surface area contributed by atoms with E-state index in [0.717, 1.165) is 11.1 Å². The number of rotatable bonds is 3. The minimum absolute atomic E-state index is 0.225. The van der Waals surface area contributed by atoms with E-state index in [1.807, 2.05) is 12.1 Å². The first kappa shape index (κ1) is 12.2. The molecule has 0 aliphatic heterocycles. The third-order valence-corrected chi connectivity index (χ3v) is 2.85. The van der Waals surface area contributed by atoms with E-state index in [1.54, 1.807) is 37.5 Å². The van der Waals surface area contributed by atoms with Gasteiger partial charge in [0, 0.05) is 23.4 Å². The van der Waals surface area contributed by atoms with Crippen molar-refractivity contribution < 1.29 is 9.32 Å². The van der Waals surface area contributed by atoms with Crippen LogP contribution in [0.1, 0.15) is 16.1 Å². The molecule has 2 N–H and O–H groups in total. The number of aryl methyl sites for hydroxylation is 1. The fourth-order valence-corrected chi connectivity index (χ4v) is 1.84. The number of nitrogens with one attached hydrogen (secondary N) is 2. The van der Waals surface area contributed by atoms with Crippen molar-refractivity contribution in [2.75, 3.05) is 5.32 Å². The first-order valence-corrected chi connectivity index (χ1v) is 6.06. The fourth-order valence-electron chi connectivity index (χ4n) is 1.84. The van der Waals surface area contributed by atoms with Gasteiger partial charge in [-0.2, -0.15) is 5.10 Å². The Morgan fingerprint density at radius 3 is 2.65 bits per heavy atom. The standard InChI is InChI=1S/C14H12N4O2/c1-9-6-13(18-20-9)17-14(19)11-4-2-10(3-5-11)12-7-15-16-8-12/h2-8H,1H3,(H,15,16)(H,17,18,19). The summed E-state index contributed by atoms with van der Waals surface area (Å²) in [6.07, 6.45) is 3.53. The summed E-state index contributed by atoms with van der Waals surface area (Å²) in [6.45, 7) is 1.77. The number of hydrogen-bond donors (Lipinski definition) is 2. The molecule has 1 amide bonds. The topological polar surface area (TPSA) is 83.8 Å². The SMILES string of the molecule is Cc1cc(NC(=O)c2ccc(-c3cn[nH]c3)cc2)no1. The van der Waals surface area contributed by atoms with Crippen LogP contribution in [0.3, 0.4) is 0 Å². The second-order valence-corrected chi connectivity index (χ2v) is 4.34. The number of H-pyrrole nitrogens is 1. The molecule has 0 aliphatic carbocycles. The summed E-state index contributed by atoms with van der Waals surface area (Å²) in [5.74, 6) is 0.832. The summed E-state index contributed by atoms with van der Waals surface area (Å²) in [5.41, 5.74) is 2.52. The maximum Gasteiger partial charge on any atom is 0.256 e. The lowest BCUT2D eigenvalue weighted by atomic mass is 10.1. The summed E-state index contributed by atoms with van der Waals surface area (Å²) in [4.78, 5) is 12.0. The number of amides is 1. The Bertz CT molecular complexity index is 714. The lowest BCUT2D eigenvalue weighted by molar-refractivity contribution is 0.102. The fraction of sp³-hybridized carbons (Fsp3) is 0.0714. The van der Waals surface area contributed by atoms with Crippen molar-refractivity contribution >= 4 is 11.7 Å². The van der Waals surface area contributed by atoms with E-state index in [0.29, 0.717) is 17.1 Å². The van der Waals surface area contributed by atoms with Gasteiger partial charge in [0.1, 0.15) is 5.76 Å². The maximum atomic E-state index is 12.0. The molecule has 0 spiro atoms. The number of aromatic amines is 1. The van der Waals surface area contributed by atoms with E-state index in [4.69, 9.17) is 4.52 Å². The second-order valence-electron chi connectivity index (χ2n) is 4.34. The van der Waals surface area contributed by atoms with Crippen LogP contribution in [-0.4, -0.2) is 21.3 Å². The molecule has 0 saturated heterocycles. The monoisotopic (exact) mass is 268 g/mol. The van der Waals surface area contributed by atoms with E-state index in [2.05, 4.69) is 20.7 Å². The Kier molecular flexibility index (Phi) is 3.04. The summed E-state index contributed by atoms with van der Waals surface area (Å²) in [6, 6.07) is 8.91. The highest BCUT2D eigenvalue weighted by atomic mass is 16.5. The molecule has 2 aromatic heterocycles. The largest absolute Gasteiger partial charge is 0.360 e. The van der Waals surface area contributed by atoms with Gasteiger partial charge in [-0.1, -0.05) is 17.3 Å². The molecule has 3 aromatic rings. The minimum atomic E-state index is -0.225. The number of nitrogens with zero attached hydrogens (tertiary/aromatic N) is 2. The lowest BCUT2D eigenvalue weighted by Crippen LogP contribution is -2.11. The predicted octanol–water partition coefficient (Wildman–Crippen LogP) is 2.63. The predicted molar refractivity (Wildman–Crippen MR) is 73.2 cm³/mol. The zero-order valence-electron chi connectivity index (χ0n) is 10.8. The average molecular weight is 268 g/mol. The van der Waals surface area contributed by atoms with Gasteiger partial charge in [0.05, 0.1) is 6.20 Å². The Hall–Kier alpha value is -2.89. The molecule has 0 fully saturated rings. The molecule has 0 radical (unpaired) electrons. The van der Waals surface area contributed by atoms with Gasteiger partial charge in [0.2, 0.25) is 0 Å². The van der Waals surface area contributed by atoms with Crippen LogP contribution in [0.25, 0.3) is 11.1 Å². The van der Waals surface area contributed by atoms with Crippen LogP contribution in [0, 0.1) is 6.92 Å². The highest BCUT2D eigenvalue weighted by Gasteiger charge is 2.09. The number of carbonyl (C=O) groups is 1. The molecule has 6 nitrogen and oxygen atoms in total. The summed E-state index contributed by atoms with van der Waals surface area (Å²) in [7, 11) is 0. The highest BCUT2D eigenvalue weighted by molar-refractivity contribution is 6.03. The van der Waals surface area contributed by atoms with E-state index < -0.39 is 0 Å². The number of hydrogen-bond acceptors (Lipinski definition) is 4. The van der Waals surface area contributed by atoms with Gasteiger partial charge in [-0.05, 0) is 24.6 Å². The molecule has 0 saturated carbocycles. The molecular weight excluding hydrogens is 256 g/mol. The van der Waals surface area contributed by atoms with Gasteiger partial charge in [-0.25, -0.2) is 0 Å². The van der Waals surface area contributed by atoms with Crippen LogP contribution >= 0.6 is 0 Å². The summed E-state index contributed by atoms with van der Waals surface area (Å²) >= 11 is 0. The van der Waals surface area contributed by atoms with E-state index in [9.17, 15) is 4.79 Å². The highest BCUT2D eigenvalue weighted by Crippen LogP contribution is 2.18. The van der Waals surface area contributed by atoms with Gasteiger partial charge < -0.3 is 9.84 Å². The summed E-state index contributed by atoms with van der Waals surface area (Å²) in [5, 5.41) is 13.0. The van der Waals surface area contributed by atoms with Gasteiger partial charge in [0.15, 0.2) is 5.82 Å². The molecule has 0 bridgehead atoms. The van der Waals surface area contributed by atoms with E-state index >= 15 is 0 Å². The van der Waals surface area contributed by atoms with Gasteiger partial charge in [0.25, 0.3) is 5.91 Å². The van der Waals surface area contributed by atoms with Crippen molar-refractivity contribution in [3.8, 4) is 11.1 Å². The zero-order chi connectivity index (χ0) is 13.9.